The highest BCUT2D eigenvalue weighted by Crippen LogP contribution is 2.33. The van der Waals surface area contributed by atoms with E-state index in [-0.39, 0.29) is 18.6 Å². The van der Waals surface area contributed by atoms with Crippen LogP contribution in [0.4, 0.5) is 0 Å². The van der Waals surface area contributed by atoms with Gasteiger partial charge in [0.25, 0.3) is 5.91 Å². The maximum Gasteiger partial charge on any atom is 0.348 e. The summed E-state index contributed by atoms with van der Waals surface area (Å²) in [5.74, 6) is -0.829. The molecule has 5 rings (SSSR count). The molecule has 1 unspecified atom stereocenters. The van der Waals surface area contributed by atoms with Crippen LogP contribution in [0.5, 0.6) is 0 Å². The predicted octanol–water partition coefficient (Wildman–Crippen LogP) is 5.40. The lowest BCUT2D eigenvalue weighted by atomic mass is 9.88. The Balaban J connectivity index is 1.28. The van der Waals surface area contributed by atoms with E-state index in [0.717, 1.165) is 46.4 Å². The maximum atomic E-state index is 12.7. The molecule has 1 aliphatic rings. The topological polar surface area (TPSA) is 73.2 Å². The fourth-order valence-electron chi connectivity index (χ4n) is 4.28. The standard InChI is InChI=1S/C25H22ClN3O3S/c1-15-18-13-22(33-24(18)29(28-15)21-12-5-4-10-19(21)26)25(31)32-14-23(30)27-20-11-6-8-16-7-2-3-9-17(16)20/h2-5,7,9-10,12-13,20H,6,8,11,14H2,1H3,(H,27,30). The van der Waals surface area contributed by atoms with Gasteiger partial charge in [0.1, 0.15) is 9.71 Å². The molecule has 1 atom stereocenters. The Hall–Kier alpha value is -3.16. The van der Waals surface area contributed by atoms with Crippen LogP contribution < -0.4 is 5.32 Å². The molecule has 2 heterocycles. The van der Waals surface area contributed by atoms with Crippen LogP contribution in [-0.2, 0) is 16.0 Å². The van der Waals surface area contributed by atoms with Crippen molar-refractivity contribution in [2.75, 3.05) is 6.61 Å². The number of amides is 1. The Bertz CT molecular complexity index is 1360. The van der Waals surface area contributed by atoms with E-state index in [1.165, 1.54) is 16.9 Å². The summed E-state index contributed by atoms with van der Waals surface area (Å²) in [7, 11) is 0. The minimum absolute atomic E-state index is 0.0465. The smallest absolute Gasteiger partial charge is 0.348 e. The van der Waals surface area contributed by atoms with Gasteiger partial charge >= 0.3 is 5.97 Å². The summed E-state index contributed by atoms with van der Waals surface area (Å²) in [5.41, 5.74) is 3.94. The van der Waals surface area contributed by atoms with E-state index in [1.807, 2.05) is 43.3 Å². The van der Waals surface area contributed by atoms with Gasteiger partial charge < -0.3 is 10.1 Å². The van der Waals surface area contributed by atoms with E-state index in [9.17, 15) is 9.59 Å². The fourth-order valence-corrected chi connectivity index (χ4v) is 5.56. The number of nitrogens with zero attached hydrogens (tertiary/aromatic N) is 2. The zero-order chi connectivity index (χ0) is 22.9. The molecule has 1 amide bonds. The third-order valence-corrected chi connectivity index (χ3v) is 7.28. The lowest BCUT2D eigenvalue weighted by molar-refractivity contribution is -0.125. The second-order valence-corrected chi connectivity index (χ2v) is 9.50. The number of halogens is 1. The summed E-state index contributed by atoms with van der Waals surface area (Å²) >= 11 is 7.61. The van der Waals surface area contributed by atoms with Crippen LogP contribution in [0.3, 0.4) is 0 Å². The molecule has 168 valence electrons. The van der Waals surface area contributed by atoms with Gasteiger partial charge in [0.15, 0.2) is 6.61 Å². The zero-order valence-corrected chi connectivity index (χ0v) is 19.6. The number of para-hydroxylation sites is 1. The summed E-state index contributed by atoms with van der Waals surface area (Å²) in [6.45, 7) is 1.56. The number of rotatable bonds is 5. The van der Waals surface area contributed by atoms with Gasteiger partial charge in [-0.2, -0.15) is 5.10 Å². The van der Waals surface area contributed by atoms with Crippen molar-refractivity contribution in [1.82, 2.24) is 15.1 Å². The molecule has 33 heavy (non-hydrogen) atoms. The second-order valence-electron chi connectivity index (χ2n) is 8.07. The number of esters is 1. The van der Waals surface area contributed by atoms with Gasteiger partial charge in [-0.1, -0.05) is 48.0 Å². The van der Waals surface area contributed by atoms with E-state index in [2.05, 4.69) is 16.5 Å². The fraction of sp³-hybridized carbons (Fsp3) is 0.240. The van der Waals surface area contributed by atoms with Gasteiger partial charge in [-0.05, 0) is 55.5 Å². The van der Waals surface area contributed by atoms with Crippen molar-refractivity contribution in [1.29, 1.82) is 0 Å². The first-order valence-corrected chi connectivity index (χ1v) is 12.0. The van der Waals surface area contributed by atoms with E-state index < -0.39 is 5.97 Å². The molecular formula is C25H22ClN3O3S. The average molecular weight is 480 g/mol. The third kappa shape index (κ3) is 4.26. The molecular weight excluding hydrogens is 458 g/mol. The van der Waals surface area contributed by atoms with Crippen molar-refractivity contribution in [2.45, 2.75) is 32.2 Å². The number of nitrogens with one attached hydrogen (secondary N) is 1. The van der Waals surface area contributed by atoms with E-state index >= 15 is 0 Å². The van der Waals surface area contributed by atoms with Crippen molar-refractivity contribution in [3.8, 4) is 5.69 Å². The number of carbonyl (C=O) groups is 2. The Labute approximate surface area is 200 Å². The first-order chi connectivity index (χ1) is 16.0. The number of hydrogen-bond acceptors (Lipinski definition) is 5. The molecule has 4 aromatic rings. The first-order valence-electron chi connectivity index (χ1n) is 10.8. The highest BCUT2D eigenvalue weighted by atomic mass is 35.5. The van der Waals surface area contributed by atoms with Crippen molar-refractivity contribution in [2.24, 2.45) is 0 Å². The van der Waals surface area contributed by atoms with Crippen LogP contribution in [-0.4, -0.2) is 28.3 Å². The van der Waals surface area contributed by atoms with Gasteiger partial charge in [-0.15, -0.1) is 11.3 Å². The lowest BCUT2D eigenvalue weighted by Gasteiger charge is -2.26. The van der Waals surface area contributed by atoms with Crippen LogP contribution >= 0.6 is 22.9 Å². The minimum atomic E-state index is -0.527. The molecule has 0 aliphatic heterocycles. The zero-order valence-electron chi connectivity index (χ0n) is 18.0. The van der Waals surface area contributed by atoms with Crippen molar-refractivity contribution >= 4 is 45.0 Å². The first kappa shape index (κ1) is 21.7. The summed E-state index contributed by atoms with van der Waals surface area (Å²) in [6.07, 6.45) is 2.92. The third-order valence-electron chi connectivity index (χ3n) is 5.87. The van der Waals surface area contributed by atoms with Crippen LogP contribution in [0.25, 0.3) is 15.9 Å². The molecule has 8 heteroatoms. The molecule has 0 radical (unpaired) electrons. The minimum Gasteiger partial charge on any atom is -0.451 e. The van der Waals surface area contributed by atoms with Gasteiger partial charge in [-0.3, -0.25) is 4.79 Å². The number of aromatic nitrogens is 2. The molecule has 2 aromatic heterocycles. The van der Waals surface area contributed by atoms with Crippen molar-refractivity contribution in [3.63, 3.8) is 0 Å². The molecule has 0 spiro atoms. The van der Waals surface area contributed by atoms with Crippen molar-refractivity contribution < 1.29 is 14.3 Å². The quantitative estimate of drug-likeness (QED) is 0.389. The summed E-state index contributed by atoms with van der Waals surface area (Å²) in [5, 5.41) is 9.00. The van der Waals surface area contributed by atoms with Crippen LogP contribution in [0.2, 0.25) is 5.02 Å². The highest BCUT2D eigenvalue weighted by Gasteiger charge is 2.23. The summed E-state index contributed by atoms with van der Waals surface area (Å²) < 4.78 is 7.07. The molecule has 2 aromatic carbocycles. The van der Waals surface area contributed by atoms with Gasteiger partial charge in [0, 0.05) is 5.39 Å². The van der Waals surface area contributed by atoms with Gasteiger partial charge in [0.2, 0.25) is 0 Å². The Morgan fingerprint density at radius 1 is 1.21 bits per heavy atom. The van der Waals surface area contributed by atoms with Gasteiger partial charge in [-0.25, -0.2) is 9.48 Å². The number of thiophene rings is 1. The van der Waals surface area contributed by atoms with Gasteiger partial charge in [0.05, 0.1) is 22.4 Å². The normalized spacial score (nSPS) is 15.3. The molecule has 6 nitrogen and oxygen atoms in total. The Morgan fingerprint density at radius 3 is 2.85 bits per heavy atom. The number of carbonyl (C=O) groups excluding carboxylic acids is 2. The van der Waals surface area contributed by atoms with E-state index in [0.29, 0.717) is 9.90 Å². The van der Waals surface area contributed by atoms with Crippen LogP contribution in [0.1, 0.15) is 45.4 Å². The van der Waals surface area contributed by atoms with E-state index in [4.69, 9.17) is 16.3 Å². The maximum absolute atomic E-state index is 12.7. The predicted molar refractivity (Wildman–Crippen MR) is 129 cm³/mol. The second kappa shape index (κ2) is 9.00. The number of hydrogen-bond donors (Lipinski definition) is 1. The largest absolute Gasteiger partial charge is 0.451 e. The highest BCUT2D eigenvalue weighted by molar-refractivity contribution is 7.20. The summed E-state index contributed by atoms with van der Waals surface area (Å²) in [6, 6.07) is 17.3. The number of ether oxygens (including phenoxy) is 1. The average Bonchev–Trinajstić information content (AvgIpc) is 3.39. The molecule has 0 saturated heterocycles. The van der Waals surface area contributed by atoms with Crippen LogP contribution in [0, 0.1) is 6.92 Å². The van der Waals surface area contributed by atoms with Crippen molar-refractivity contribution in [3.05, 3.63) is 81.3 Å². The molecule has 1 N–H and O–H groups in total. The number of benzene rings is 2. The lowest BCUT2D eigenvalue weighted by Crippen LogP contribution is -2.34. The Kier molecular flexibility index (Phi) is 5.91. The summed E-state index contributed by atoms with van der Waals surface area (Å²) in [4.78, 5) is 26.4. The number of fused-ring (bicyclic) bond motifs is 2. The molecule has 1 aliphatic carbocycles. The number of aryl methyl sites for hydroxylation is 2. The molecule has 0 bridgehead atoms. The molecule has 0 fully saturated rings. The van der Waals surface area contributed by atoms with Crippen LogP contribution in [0.15, 0.2) is 54.6 Å². The van der Waals surface area contributed by atoms with E-state index in [1.54, 1.807) is 16.8 Å². The molecule has 0 saturated carbocycles. The SMILES string of the molecule is Cc1nn(-c2ccccc2Cl)c2sc(C(=O)OCC(=O)NC3CCCc4ccccc43)cc12. The monoisotopic (exact) mass is 479 g/mol. The Morgan fingerprint density at radius 2 is 2.00 bits per heavy atom.